The summed E-state index contributed by atoms with van der Waals surface area (Å²) in [5.41, 5.74) is 1.24. The number of piperidine rings is 1. The number of likely N-dealkylation sites (tertiary alicyclic amines) is 1. The van der Waals surface area contributed by atoms with Gasteiger partial charge in [0, 0.05) is 36.7 Å². The smallest absolute Gasteiger partial charge is 0.132 e. The number of aromatic nitrogens is 2. The van der Waals surface area contributed by atoms with Gasteiger partial charge in [-0.2, -0.15) is 0 Å². The van der Waals surface area contributed by atoms with Crippen molar-refractivity contribution in [1.82, 2.24) is 14.9 Å². The molecule has 27 heavy (non-hydrogen) atoms. The number of aryl methyl sites for hydroxylation is 1. The molecule has 0 bridgehead atoms. The molecule has 1 atom stereocenters. The number of hydrogen-bond donors (Lipinski definition) is 0. The maximum absolute atomic E-state index is 5.78. The van der Waals surface area contributed by atoms with Crippen molar-refractivity contribution >= 4 is 5.82 Å². The Morgan fingerprint density at radius 3 is 2.59 bits per heavy atom. The zero-order valence-corrected chi connectivity index (χ0v) is 16.7. The normalized spacial score (nSPS) is 20.3. The molecule has 0 saturated carbocycles. The van der Waals surface area contributed by atoms with Crippen molar-refractivity contribution in [3.8, 4) is 0 Å². The van der Waals surface area contributed by atoms with Crippen LogP contribution in [0.25, 0.3) is 0 Å². The number of hydrogen-bond acceptors (Lipinski definition) is 5. The molecule has 4 heterocycles. The Balaban J connectivity index is 1.27. The van der Waals surface area contributed by atoms with E-state index in [-0.39, 0.29) is 0 Å². The lowest BCUT2D eigenvalue weighted by Crippen LogP contribution is -2.34. The Labute approximate surface area is 162 Å². The van der Waals surface area contributed by atoms with Crippen molar-refractivity contribution in [2.45, 2.75) is 57.8 Å². The van der Waals surface area contributed by atoms with Crippen LogP contribution in [0, 0.1) is 6.92 Å². The minimum atomic E-state index is 0.487. The van der Waals surface area contributed by atoms with Crippen molar-refractivity contribution < 1.29 is 4.42 Å². The zero-order chi connectivity index (χ0) is 18.6. The van der Waals surface area contributed by atoms with Gasteiger partial charge in [-0.25, -0.2) is 9.97 Å². The molecule has 2 saturated heterocycles. The number of rotatable bonds is 6. The second kappa shape index (κ2) is 8.42. The molecule has 0 unspecified atom stereocenters. The number of nitrogens with zero attached hydrogens (tertiary/aromatic N) is 4. The van der Waals surface area contributed by atoms with E-state index in [1.165, 1.54) is 31.4 Å². The van der Waals surface area contributed by atoms with Crippen LogP contribution in [-0.4, -0.2) is 47.6 Å². The van der Waals surface area contributed by atoms with Crippen LogP contribution < -0.4 is 4.90 Å². The molecule has 0 N–H and O–H groups in total. The second-order valence-electron chi connectivity index (χ2n) is 8.25. The van der Waals surface area contributed by atoms with E-state index in [2.05, 4.69) is 44.9 Å². The lowest BCUT2D eigenvalue weighted by atomic mass is 9.92. The molecule has 146 valence electrons. The van der Waals surface area contributed by atoms with Gasteiger partial charge in [0.2, 0.25) is 0 Å². The average molecular weight is 369 g/mol. The summed E-state index contributed by atoms with van der Waals surface area (Å²) in [5, 5.41) is 0. The molecule has 0 aromatic carbocycles. The molecule has 5 heteroatoms. The van der Waals surface area contributed by atoms with Crippen molar-refractivity contribution in [2.24, 2.45) is 0 Å². The summed E-state index contributed by atoms with van der Waals surface area (Å²) in [6, 6.07) is 6.43. The summed E-state index contributed by atoms with van der Waals surface area (Å²) in [7, 11) is 0. The molecule has 4 rings (SSSR count). The van der Waals surface area contributed by atoms with Crippen molar-refractivity contribution in [2.75, 3.05) is 37.6 Å². The largest absolute Gasteiger partial charge is 0.466 e. The Morgan fingerprint density at radius 1 is 1.11 bits per heavy atom. The molecule has 2 aliphatic rings. The average Bonchev–Trinajstić information content (AvgIpc) is 3.39. The van der Waals surface area contributed by atoms with Crippen LogP contribution in [0.15, 0.2) is 28.9 Å². The van der Waals surface area contributed by atoms with E-state index in [1.807, 2.05) is 6.92 Å². The first-order valence-electron chi connectivity index (χ1n) is 10.5. The van der Waals surface area contributed by atoms with Gasteiger partial charge in [-0.1, -0.05) is 6.92 Å². The Hall–Kier alpha value is -1.88. The maximum Gasteiger partial charge on any atom is 0.132 e. The van der Waals surface area contributed by atoms with Gasteiger partial charge in [-0.3, -0.25) is 0 Å². The van der Waals surface area contributed by atoms with E-state index in [4.69, 9.17) is 4.42 Å². The summed E-state index contributed by atoms with van der Waals surface area (Å²) >= 11 is 0. The molecule has 2 aromatic rings. The Morgan fingerprint density at radius 2 is 1.89 bits per heavy atom. The molecular weight excluding hydrogens is 336 g/mol. The molecule has 2 aliphatic heterocycles. The van der Waals surface area contributed by atoms with Gasteiger partial charge in [0.15, 0.2) is 0 Å². The van der Waals surface area contributed by atoms with Crippen molar-refractivity contribution in [1.29, 1.82) is 0 Å². The Kier molecular flexibility index (Phi) is 5.77. The standard InChI is InChI=1S/C22H32N4O/c1-17(21-6-5-18(2)27-21)7-12-25-13-8-19(9-14-25)20-15-22(24-16-23-20)26-10-3-4-11-26/h5-6,15-17,19H,3-4,7-14H2,1-2H3/t17-/m1/s1. The van der Waals surface area contributed by atoms with Gasteiger partial charge in [-0.05, 0) is 70.8 Å². The van der Waals surface area contributed by atoms with Crippen LogP contribution in [0.3, 0.4) is 0 Å². The molecule has 0 spiro atoms. The predicted octanol–water partition coefficient (Wildman–Crippen LogP) is 4.35. The summed E-state index contributed by atoms with van der Waals surface area (Å²) < 4.78 is 5.78. The molecule has 0 radical (unpaired) electrons. The summed E-state index contributed by atoms with van der Waals surface area (Å²) in [5.74, 6) is 4.33. The number of furan rings is 1. The summed E-state index contributed by atoms with van der Waals surface area (Å²) in [6.07, 6.45) is 7.89. The highest BCUT2D eigenvalue weighted by molar-refractivity contribution is 5.40. The van der Waals surface area contributed by atoms with Gasteiger partial charge in [0.25, 0.3) is 0 Å². The van der Waals surface area contributed by atoms with E-state index in [9.17, 15) is 0 Å². The molecule has 0 aliphatic carbocycles. The first kappa shape index (κ1) is 18.5. The van der Waals surface area contributed by atoms with E-state index in [0.717, 1.165) is 56.5 Å². The first-order chi connectivity index (χ1) is 13.2. The maximum atomic E-state index is 5.78. The van der Waals surface area contributed by atoms with Crippen LogP contribution in [0.1, 0.15) is 68.1 Å². The van der Waals surface area contributed by atoms with Crippen molar-refractivity contribution in [3.05, 3.63) is 41.7 Å². The van der Waals surface area contributed by atoms with Crippen LogP contribution in [0.2, 0.25) is 0 Å². The summed E-state index contributed by atoms with van der Waals surface area (Å²) in [6.45, 7) is 10.0. The van der Waals surface area contributed by atoms with E-state index in [0.29, 0.717) is 11.8 Å². The second-order valence-corrected chi connectivity index (χ2v) is 8.25. The van der Waals surface area contributed by atoms with Crippen molar-refractivity contribution in [3.63, 3.8) is 0 Å². The zero-order valence-electron chi connectivity index (χ0n) is 16.7. The minimum absolute atomic E-state index is 0.487. The monoisotopic (exact) mass is 368 g/mol. The molecule has 5 nitrogen and oxygen atoms in total. The highest BCUT2D eigenvalue weighted by Crippen LogP contribution is 2.30. The quantitative estimate of drug-likeness (QED) is 0.758. The topological polar surface area (TPSA) is 45.4 Å². The van der Waals surface area contributed by atoms with Gasteiger partial charge < -0.3 is 14.2 Å². The van der Waals surface area contributed by atoms with Crippen LogP contribution in [0.5, 0.6) is 0 Å². The summed E-state index contributed by atoms with van der Waals surface area (Å²) in [4.78, 5) is 14.1. The lowest BCUT2D eigenvalue weighted by Gasteiger charge is -2.32. The SMILES string of the molecule is Cc1ccc([C@H](C)CCN2CCC(c3cc(N4CCCC4)ncn3)CC2)o1. The van der Waals surface area contributed by atoms with Crippen LogP contribution in [0.4, 0.5) is 5.82 Å². The predicted molar refractivity (Wildman–Crippen MR) is 108 cm³/mol. The third-order valence-corrected chi connectivity index (χ3v) is 6.23. The highest BCUT2D eigenvalue weighted by Gasteiger charge is 2.23. The fourth-order valence-corrected chi connectivity index (χ4v) is 4.39. The van der Waals surface area contributed by atoms with Crippen LogP contribution in [-0.2, 0) is 0 Å². The van der Waals surface area contributed by atoms with Gasteiger partial charge >= 0.3 is 0 Å². The van der Waals surface area contributed by atoms with E-state index < -0.39 is 0 Å². The fraction of sp³-hybridized carbons (Fsp3) is 0.636. The third-order valence-electron chi connectivity index (χ3n) is 6.23. The highest BCUT2D eigenvalue weighted by atomic mass is 16.3. The minimum Gasteiger partial charge on any atom is -0.466 e. The van der Waals surface area contributed by atoms with Gasteiger partial charge in [-0.15, -0.1) is 0 Å². The fourth-order valence-electron chi connectivity index (χ4n) is 4.39. The van der Waals surface area contributed by atoms with Gasteiger partial charge in [0.05, 0.1) is 0 Å². The van der Waals surface area contributed by atoms with E-state index >= 15 is 0 Å². The van der Waals surface area contributed by atoms with Crippen LogP contribution >= 0.6 is 0 Å². The third kappa shape index (κ3) is 4.52. The first-order valence-corrected chi connectivity index (χ1v) is 10.5. The molecule has 0 amide bonds. The molecule has 2 aromatic heterocycles. The number of anilines is 1. The lowest BCUT2D eigenvalue weighted by molar-refractivity contribution is 0.203. The molecule has 2 fully saturated rings. The van der Waals surface area contributed by atoms with E-state index in [1.54, 1.807) is 6.33 Å². The Bertz CT molecular complexity index is 729. The van der Waals surface area contributed by atoms with Gasteiger partial charge in [0.1, 0.15) is 23.7 Å². The molecular formula is C22H32N4O.